The maximum atomic E-state index is 12.3. The highest BCUT2D eigenvalue weighted by Gasteiger charge is 2.45. The van der Waals surface area contributed by atoms with Crippen LogP contribution in [0.3, 0.4) is 0 Å². The average Bonchev–Trinajstić information content (AvgIpc) is 2.52. The minimum absolute atomic E-state index is 0.0296. The summed E-state index contributed by atoms with van der Waals surface area (Å²) in [7, 11) is -2.95. The molecule has 6 heteroatoms. The van der Waals surface area contributed by atoms with E-state index in [0.717, 1.165) is 12.8 Å². The number of nitrogens with zero attached hydrogens (tertiary/aromatic N) is 1. The molecule has 0 aliphatic carbocycles. The molecule has 1 rings (SSSR count). The monoisotopic (exact) mass is 276 g/mol. The van der Waals surface area contributed by atoms with Crippen molar-refractivity contribution in [1.29, 1.82) is 0 Å². The molecule has 0 spiro atoms. The fourth-order valence-corrected chi connectivity index (χ4v) is 2.95. The van der Waals surface area contributed by atoms with Gasteiger partial charge in [0.25, 0.3) is 0 Å². The van der Waals surface area contributed by atoms with Crippen molar-refractivity contribution in [3.05, 3.63) is 0 Å². The molecule has 1 saturated heterocycles. The Morgan fingerprint density at radius 3 is 2.44 bits per heavy atom. The summed E-state index contributed by atoms with van der Waals surface area (Å²) in [5.41, 5.74) is -0.494. The molecule has 5 nitrogen and oxygen atoms in total. The van der Waals surface area contributed by atoms with Crippen LogP contribution >= 0.6 is 0 Å². The first-order valence-corrected chi connectivity index (χ1v) is 8.56. The molecule has 0 radical (unpaired) electrons. The molecule has 0 bridgehead atoms. The molecule has 0 saturated carbocycles. The van der Waals surface area contributed by atoms with E-state index in [2.05, 4.69) is 5.32 Å². The number of rotatable bonds is 6. The van der Waals surface area contributed by atoms with E-state index in [4.69, 9.17) is 0 Å². The molecular weight excluding hydrogens is 252 g/mol. The number of sulfone groups is 1. The lowest BCUT2D eigenvalue weighted by Gasteiger charge is -2.22. The fourth-order valence-electron chi connectivity index (χ4n) is 2.30. The summed E-state index contributed by atoms with van der Waals surface area (Å²) in [6.07, 6.45) is 3.33. The van der Waals surface area contributed by atoms with Crippen molar-refractivity contribution in [2.45, 2.75) is 51.7 Å². The van der Waals surface area contributed by atoms with Crippen LogP contribution in [-0.4, -0.2) is 49.5 Å². The first-order chi connectivity index (χ1) is 8.23. The fraction of sp³-hybridized carbons (Fsp3) is 0.917. The van der Waals surface area contributed by atoms with Gasteiger partial charge in [-0.25, -0.2) is 8.42 Å². The molecule has 1 aliphatic rings. The summed E-state index contributed by atoms with van der Waals surface area (Å²) in [6.45, 7) is 6.43. The molecule has 1 N–H and O–H groups in total. The summed E-state index contributed by atoms with van der Waals surface area (Å²) < 4.78 is 22.2. The zero-order valence-corrected chi connectivity index (χ0v) is 12.5. The van der Waals surface area contributed by atoms with Crippen LogP contribution in [0.2, 0.25) is 0 Å². The molecule has 1 amide bonds. The summed E-state index contributed by atoms with van der Waals surface area (Å²) in [4.78, 5) is 14.1. The average molecular weight is 276 g/mol. The molecule has 0 aromatic carbocycles. The van der Waals surface area contributed by atoms with Crippen molar-refractivity contribution in [3.8, 4) is 0 Å². The quantitative estimate of drug-likeness (QED) is 0.778. The van der Waals surface area contributed by atoms with Crippen molar-refractivity contribution < 1.29 is 13.2 Å². The minimum Gasteiger partial charge on any atom is -0.326 e. The summed E-state index contributed by atoms with van der Waals surface area (Å²) in [5.74, 6) is 0.223. The lowest BCUT2D eigenvalue weighted by Crippen LogP contribution is -2.43. The van der Waals surface area contributed by atoms with Gasteiger partial charge in [-0.2, -0.15) is 0 Å². The normalized spacial score (nSPS) is 29.0. The predicted molar refractivity (Wildman–Crippen MR) is 72.0 cm³/mol. The van der Waals surface area contributed by atoms with Crippen LogP contribution in [0.1, 0.15) is 40.0 Å². The van der Waals surface area contributed by atoms with Crippen molar-refractivity contribution >= 4 is 15.7 Å². The first kappa shape index (κ1) is 15.4. The maximum Gasteiger partial charge on any atom is 0.243 e. The van der Waals surface area contributed by atoms with Gasteiger partial charge in [0.15, 0.2) is 0 Å². The van der Waals surface area contributed by atoms with Crippen LogP contribution in [0.4, 0.5) is 0 Å². The maximum absolute atomic E-state index is 12.3. The largest absolute Gasteiger partial charge is 0.326 e. The van der Waals surface area contributed by atoms with Crippen LogP contribution < -0.4 is 5.32 Å². The van der Waals surface area contributed by atoms with E-state index in [-0.39, 0.29) is 17.8 Å². The topological polar surface area (TPSA) is 66.5 Å². The van der Waals surface area contributed by atoms with Gasteiger partial charge >= 0.3 is 0 Å². The molecule has 2 unspecified atom stereocenters. The van der Waals surface area contributed by atoms with Gasteiger partial charge in [0.05, 0.1) is 17.5 Å². The molecule has 18 heavy (non-hydrogen) atoms. The van der Waals surface area contributed by atoms with Crippen molar-refractivity contribution in [1.82, 2.24) is 10.2 Å². The highest BCUT2D eigenvalue weighted by atomic mass is 32.2. The smallest absolute Gasteiger partial charge is 0.243 e. The van der Waals surface area contributed by atoms with Crippen LogP contribution in [0, 0.1) is 0 Å². The van der Waals surface area contributed by atoms with E-state index >= 15 is 0 Å². The second-order valence-corrected chi connectivity index (χ2v) is 7.50. The van der Waals surface area contributed by atoms with E-state index in [1.54, 1.807) is 4.90 Å². The Morgan fingerprint density at radius 2 is 2.00 bits per heavy atom. The second-order valence-electron chi connectivity index (χ2n) is 5.24. The van der Waals surface area contributed by atoms with E-state index in [1.165, 1.54) is 6.26 Å². The standard InChI is InChI=1S/C12H24N2O3S/c1-5-10-13-12(3,6-2)11(15)14(10)8-7-9-18(4,16)17/h10,13H,5-9H2,1-4H3. The number of carbonyl (C=O) groups is 1. The molecule has 0 aromatic heterocycles. The van der Waals surface area contributed by atoms with Crippen LogP contribution in [0.25, 0.3) is 0 Å². The number of hydrogen-bond acceptors (Lipinski definition) is 4. The highest BCUT2D eigenvalue weighted by molar-refractivity contribution is 7.90. The number of amides is 1. The molecular formula is C12H24N2O3S. The minimum atomic E-state index is -2.95. The Kier molecular flexibility index (Phi) is 4.78. The van der Waals surface area contributed by atoms with Gasteiger partial charge in [-0.05, 0) is 26.2 Å². The van der Waals surface area contributed by atoms with Crippen molar-refractivity contribution in [2.75, 3.05) is 18.6 Å². The van der Waals surface area contributed by atoms with E-state index in [9.17, 15) is 13.2 Å². The third-order valence-electron chi connectivity index (χ3n) is 3.60. The van der Waals surface area contributed by atoms with Gasteiger partial charge in [0.2, 0.25) is 5.91 Å². The van der Waals surface area contributed by atoms with Gasteiger partial charge < -0.3 is 4.90 Å². The van der Waals surface area contributed by atoms with Crippen LogP contribution in [-0.2, 0) is 14.6 Å². The zero-order valence-electron chi connectivity index (χ0n) is 11.7. The molecule has 0 aromatic rings. The predicted octanol–water partition coefficient (Wildman–Crippen LogP) is 0.758. The summed E-state index contributed by atoms with van der Waals surface area (Å²) in [6, 6.07) is 0. The Hall–Kier alpha value is -0.620. The summed E-state index contributed by atoms with van der Waals surface area (Å²) in [5, 5.41) is 3.34. The van der Waals surface area contributed by atoms with Crippen LogP contribution in [0.5, 0.6) is 0 Å². The number of hydrogen-bond donors (Lipinski definition) is 1. The van der Waals surface area contributed by atoms with Gasteiger partial charge in [0, 0.05) is 12.8 Å². The van der Waals surface area contributed by atoms with Crippen molar-refractivity contribution in [2.24, 2.45) is 0 Å². The Morgan fingerprint density at radius 1 is 1.39 bits per heavy atom. The molecule has 1 heterocycles. The van der Waals surface area contributed by atoms with Gasteiger partial charge in [-0.3, -0.25) is 10.1 Å². The molecule has 1 fully saturated rings. The Bertz CT molecular complexity index is 408. The van der Waals surface area contributed by atoms with E-state index in [1.807, 2.05) is 20.8 Å². The van der Waals surface area contributed by atoms with Gasteiger partial charge in [-0.1, -0.05) is 13.8 Å². The van der Waals surface area contributed by atoms with Gasteiger partial charge in [-0.15, -0.1) is 0 Å². The number of carbonyl (C=O) groups excluding carboxylic acids is 1. The lowest BCUT2D eigenvalue weighted by molar-refractivity contribution is -0.133. The second kappa shape index (κ2) is 5.57. The molecule has 2 atom stereocenters. The highest BCUT2D eigenvalue weighted by Crippen LogP contribution is 2.25. The SMILES string of the molecule is CCC1NC(C)(CC)C(=O)N1CCCS(C)(=O)=O. The third kappa shape index (κ3) is 3.45. The lowest BCUT2D eigenvalue weighted by atomic mass is 9.99. The number of nitrogens with one attached hydrogen (secondary N) is 1. The Balaban J connectivity index is 2.66. The molecule has 106 valence electrons. The van der Waals surface area contributed by atoms with Crippen LogP contribution in [0.15, 0.2) is 0 Å². The zero-order chi connectivity index (χ0) is 14.0. The first-order valence-electron chi connectivity index (χ1n) is 6.50. The van der Waals surface area contributed by atoms with E-state index in [0.29, 0.717) is 13.0 Å². The van der Waals surface area contributed by atoms with Gasteiger partial charge in [0.1, 0.15) is 9.84 Å². The van der Waals surface area contributed by atoms with E-state index < -0.39 is 15.4 Å². The molecule has 1 aliphatic heterocycles. The Labute approximate surface area is 110 Å². The summed E-state index contributed by atoms with van der Waals surface area (Å²) >= 11 is 0. The van der Waals surface area contributed by atoms with Crippen molar-refractivity contribution in [3.63, 3.8) is 0 Å². The third-order valence-corrected chi connectivity index (χ3v) is 4.63.